The second kappa shape index (κ2) is 7.97. The van der Waals surface area contributed by atoms with E-state index in [0.29, 0.717) is 0 Å². The van der Waals surface area contributed by atoms with Gasteiger partial charge in [0.1, 0.15) is 6.29 Å². The summed E-state index contributed by atoms with van der Waals surface area (Å²) in [5.74, 6) is 0. The summed E-state index contributed by atoms with van der Waals surface area (Å²) in [6.07, 6.45) is 16.6. The van der Waals surface area contributed by atoms with E-state index in [2.05, 4.69) is 45.9 Å². The molecule has 1 aliphatic carbocycles. The third-order valence-electron chi connectivity index (χ3n) is 4.10. The van der Waals surface area contributed by atoms with Crippen LogP contribution < -0.4 is 0 Å². The molecule has 114 valence electrons. The molecule has 0 radical (unpaired) electrons. The van der Waals surface area contributed by atoms with Crippen LogP contribution in [-0.2, 0) is 4.79 Å². The molecular weight excluding hydrogens is 261 g/mol. The van der Waals surface area contributed by atoms with E-state index < -0.39 is 0 Å². The fraction of sp³-hybridized carbons (Fsp3) is 0.450. The molecule has 0 aromatic carbocycles. The maximum absolute atomic E-state index is 10.3. The lowest BCUT2D eigenvalue weighted by molar-refractivity contribution is -0.104. The molecular formula is C20H28O. The van der Waals surface area contributed by atoms with Crippen molar-refractivity contribution in [2.75, 3.05) is 0 Å². The van der Waals surface area contributed by atoms with Gasteiger partial charge in [0.15, 0.2) is 0 Å². The molecule has 0 N–H and O–H groups in total. The minimum Gasteiger partial charge on any atom is -0.299 e. The maximum Gasteiger partial charge on any atom is 0.143 e. The summed E-state index contributed by atoms with van der Waals surface area (Å²) in [6.45, 7) is 10.9. The molecule has 1 heteroatoms. The predicted molar refractivity (Wildman–Crippen MR) is 92.2 cm³/mol. The van der Waals surface area contributed by atoms with Gasteiger partial charge < -0.3 is 0 Å². The van der Waals surface area contributed by atoms with E-state index in [4.69, 9.17) is 0 Å². The van der Waals surface area contributed by atoms with Crippen LogP contribution in [0.2, 0.25) is 0 Å². The fourth-order valence-corrected chi connectivity index (χ4v) is 2.80. The zero-order valence-corrected chi connectivity index (χ0v) is 14.1. The van der Waals surface area contributed by atoms with Crippen LogP contribution >= 0.6 is 0 Å². The molecule has 0 aromatic heterocycles. The van der Waals surface area contributed by atoms with E-state index in [1.807, 2.05) is 19.1 Å². The second-order valence-electron chi connectivity index (χ2n) is 6.58. The molecule has 0 unspecified atom stereocenters. The van der Waals surface area contributed by atoms with Crippen LogP contribution in [0, 0.1) is 5.41 Å². The number of hydrogen-bond donors (Lipinski definition) is 0. The number of hydrogen-bond acceptors (Lipinski definition) is 1. The summed E-state index contributed by atoms with van der Waals surface area (Å²) in [7, 11) is 0. The number of aldehydes is 1. The van der Waals surface area contributed by atoms with Crippen LogP contribution in [0.4, 0.5) is 0 Å². The Bertz CT molecular complexity index is 522. The van der Waals surface area contributed by atoms with E-state index in [0.717, 1.165) is 11.9 Å². The molecule has 1 nitrogen and oxygen atoms in total. The summed E-state index contributed by atoms with van der Waals surface area (Å²) < 4.78 is 0. The van der Waals surface area contributed by atoms with E-state index in [1.165, 1.54) is 36.0 Å². The first kappa shape index (κ1) is 17.4. The Morgan fingerprint density at radius 3 is 2.38 bits per heavy atom. The van der Waals surface area contributed by atoms with Crippen LogP contribution in [0.3, 0.4) is 0 Å². The SMILES string of the molecule is CC1=C(/C=C/C(C)=C/C=[13CH]/[13C]([13CH3])=[13CH]/[13CH]=O)C(C)(C)CCC1. The van der Waals surface area contributed by atoms with Crippen LogP contribution in [0.25, 0.3) is 0 Å². The first-order valence-corrected chi connectivity index (χ1v) is 7.72. The topological polar surface area (TPSA) is 17.1 Å². The van der Waals surface area contributed by atoms with Gasteiger partial charge in [0, 0.05) is 0 Å². The van der Waals surface area contributed by atoms with Crippen LogP contribution in [-0.4, -0.2) is 6.29 Å². The first-order valence-electron chi connectivity index (χ1n) is 7.72. The molecule has 0 bridgehead atoms. The predicted octanol–water partition coefficient (Wildman–Crippen LogP) is 5.72. The lowest BCUT2D eigenvalue weighted by Crippen LogP contribution is -2.19. The van der Waals surface area contributed by atoms with Crippen molar-refractivity contribution in [3.8, 4) is 0 Å². The fourth-order valence-electron chi connectivity index (χ4n) is 2.80. The maximum atomic E-state index is 10.3. The Morgan fingerprint density at radius 1 is 1.10 bits per heavy atom. The van der Waals surface area contributed by atoms with Crippen molar-refractivity contribution in [2.45, 2.75) is 53.9 Å². The Morgan fingerprint density at radius 2 is 1.76 bits per heavy atom. The lowest BCUT2D eigenvalue weighted by atomic mass is 9.72. The van der Waals surface area contributed by atoms with Gasteiger partial charge in [0.25, 0.3) is 0 Å². The highest BCUT2D eigenvalue weighted by Crippen LogP contribution is 2.40. The van der Waals surface area contributed by atoms with Gasteiger partial charge in [-0.2, -0.15) is 0 Å². The minimum absolute atomic E-state index is 0.290. The Balaban J connectivity index is 2.80. The zero-order valence-electron chi connectivity index (χ0n) is 14.1. The molecule has 0 aromatic rings. The highest BCUT2D eigenvalue weighted by molar-refractivity contribution is 5.66. The van der Waals surface area contributed by atoms with Crippen LogP contribution in [0.5, 0.6) is 0 Å². The largest absolute Gasteiger partial charge is 0.299 e. The molecule has 1 rings (SSSR count). The third-order valence-corrected chi connectivity index (χ3v) is 4.10. The van der Waals surface area contributed by atoms with Gasteiger partial charge in [0.2, 0.25) is 0 Å². The van der Waals surface area contributed by atoms with Crippen molar-refractivity contribution in [1.82, 2.24) is 0 Å². The number of carbonyl (C=O) groups is 1. The van der Waals surface area contributed by atoms with Crippen molar-refractivity contribution < 1.29 is 4.79 Å². The van der Waals surface area contributed by atoms with Crippen molar-refractivity contribution in [2.24, 2.45) is 5.41 Å². The quantitative estimate of drug-likeness (QED) is 0.274. The highest BCUT2D eigenvalue weighted by atomic mass is 16.2. The standard InChI is InChI=1S/C20H28O/c1-16(8-6-9-17(2)13-15-21)11-12-19-18(3)10-7-14-20(19,4)5/h6,8-9,11-13,15H,7,10,14H2,1-5H3/b9-6+,12-11+,16-8+,17-13+/i2+1,9+1,13+1,15+1,17+1. The van der Waals surface area contributed by atoms with Gasteiger partial charge in [-0.3, -0.25) is 4.79 Å². The molecule has 0 saturated carbocycles. The molecule has 0 amide bonds. The second-order valence-corrected chi connectivity index (χ2v) is 6.58. The van der Waals surface area contributed by atoms with Gasteiger partial charge in [-0.1, -0.05) is 55.4 Å². The molecule has 0 fully saturated rings. The molecule has 0 aliphatic heterocycles. The van der Waals surface area contributed by atoms with Gasteiger partial charge in [-0.05, 0) is 62.7 Å². The monoisotopic (exact) mass is 289 g/mol. The molecule has 1 aliphatic rings. The van der Waals surface area contributed by atoms with Crippen molar-refractivity contribution in [3.05, 3.63) is 58.7 Å². The average molecular weight is 289 g/mol. The van der Waals surface area contributed by atoms with Gasteiger partial charge >= 0.3 is 0 Å². The zero-order chi connectivity index (χ0) is 15.9. The smallest absolute Gasteiger partial charge is 0.143 e. The summed E-state index contributed by atoms with van der Waals surface area (Å²) >= 11 is 0. The highest BCUT2D eigenvalue weighted by Gasteiger charge is 2.26. The summed E-state index contributed by atoms with van der Waals surface area (Å²) in [5, 5.41) is 0. The Labute approximate surface area is 129 Å². The summed E-state index contributed by atoms with van der Waals surface area (Å²) in [4.78, 5) is 10.3. The third kappa shape index (κ3) is 5.71. The first-order chi connectivity index (χ1) is 9.86. The van der Waals surface area contributed by atoms with Crippen LogP contribution in [0.1, 0.15) is 53.9 Å². The Hall–Kier alpha value is -1.63. The number of rotatable bonds is 5. The normalized spacial score (nSPS) is 20.6. The average Bonchev–Trinajstić information content (AvgIpc) is 2.37. The van der Waals surface area contributed by atoms with Crippen LogP contribution in [0.15, 0.2) is 58.7 Å². The molecule has 0 spiro atoms. The molecule has 0 heterocycles. The molecule has 0 saturated heterocycles. The number of allylic oxidation sites excluding steroid dienone is 10. The molecule has 0 atom stereocenters. The van der Waals surface area contributed by atoms with E-state index in [9.17, 15) is 4.79 Å². The van der Waals surface area contributed by atoms with Crippen molar-refractivity contribution in [3.63, 3.8) is 0 Å². The summed E-state index contributed by atoms with van der Waals surface area (Å²) in [6, 6.07) is 0. The summed E-state index contributed by atoms with van der Waals surface area (Å²) in [5.41, 5.74) is 5.48. The van der Waals surface area contributed by atoms with Gasteiger partial charge in [0.05, 0.1) is 0 Å². The van der Waals surface area contributed by atoms with E-state index >= 15 is 0 Å². The van der Waals surface area contributed by atoms with Gasteiger partial charge in [-0.15, -0.1) is 0 Å². The Kier molecular flexibility index (Phi) is 6.61. The molecule has 21 heavy (non-hydrogen) atoms. The lowest BCUT2D eigenvalue weighted by Gasteiger charge is -2.32. The van der Waals surface area contributed by atoms with Crippen molar-refractivity contribution in [1.29, 1.82) is 0 Å². The number of carbonyl (C=O) groups excluding carboxylic acids is 1. The van der Waals surface area contributed by atoms with Crippen molar-refractivity contribution >= 4 is 6.29 Å². The minimum atomic E-state index is 0.290. The van der Waals surface area contributed by atoms with Gasteiger partial charge in [-0.25, -0.2) is 0 Å². The van der Waals surface area contributed by atoms with E-state index in [1.54, 1.807) is 6.08 Å². The van der Waals surface area contributed by atoms with E-state index in [-0.39, 0.29) is 5.41 Å².